The summed E-state index contributed by atoms with van der Waals surface area (Å²) in [5.41, 5.74) is 7.27. The van der Waals surface area contributed by atoms with E-state index >= 15 is 0 Å². The average Bonchev–Trinajstić information content (AvgIpc) is 3.08. The number of imidazole rings is 1. The van der Waals surface area contributed by atoms with Gasteiger partial charge in [0.05, 0.1) is 18.1 Å². The molecule has 1 aliphatic rings. The number of likely N-dealkylation sites (N-methyl/N-ethyl adjacent to an activating group) is 1. The maximum atomic E-state index is 5.98. The maximum Gasteiger partial charge on any atom is 0.0951 e. The molecule has 1 aromatic heterocycles. The van der Waals surface area contributed by atoms with Crippen LogP contribution in [0.4, 0.5) is 0 Å². The van der Waals surface area contributed by atoms with Crippen LogP contribution in [0.5, 0.6) is 0 Å². The van der Waals surface area contributed by atoms with Crippen LogP contribution in [0.2, 0.25) is 0 Å². The molecule has 1 aliphatic carbocycles. The van der Waals surface area contributed by atoms with Gasteiger partial charge in [0.1, 0.15) is 0 Å². The molecule has 1 atom stereocenters. The van der Waals surface area contributed by atoms with Crippen LogP contribution in [-0.4, -0.2) is 34.1 Å². The fraction of sp³-hybridized carbons (Fsp3) is 0.769. The molecule has 4 heteroatoms. The number of nitrogens with zero attached hydrogens (tertiary/aromatic N) is 3. The molecule has 0 aliphatic heterocycles. The number of rotatable bonds is 7. The van der Waals surface area contributed by atoms with Gasteiger partial charge in [-0.25, -0.2) is 4.98 Å². The third-order valence-electron chi connectivity index (χ3n) is 3.56. The van der Waals surface area contributed by atoms with E-state index in [4.69, 9.17) is 5.73 Å². The first-order valence-electron chi connectivity index (χ1n) is 6.77. The Morgan fingerprint density at radius 1 is 1.53 bits per heavy atom. The van der Waals surface area contributed by atoms with Crippen molar-refractivity contribution in [2.45, 2.75) is 45.2 Å². The Morgan fingerprint density at radius 3 is 2.82 bits per heavy atom. The van der Waals surface area contributed by atoms with E-state index in [9.17, 15) is 0 Å². The highest BCUT2D eigenvalue weighted by Crippen LogP contribution is 2.37. The van der Waals surface area contributed by atoms with Crippen LogP contribution in [0.25, 0.3) is 0 Å². The summed E-state index contributed by atoms with van der Waals surface area (Å²) in [7, 11) is 0. The molecule has 96 valence electrons. The van der Waals surface area contributed by atoms with Crippen LogP contribution < -0.4 is 5.73 Å². The third-order valence-corrected chi connectivity index (χ3v) is 3.56. The molecular formula is C13H24N4. The molecule has 0 amide bonds. The highest BCUT2D eigenvalue weighted by molar-refractivity contribution is 5.10. The summed E-state index contributed by atoms with van der Waals surface area (Å²) < 4.78 is 2.33. The molecular weight excluding hydrogens is 212 g/mol. The van der Waals surface area contributed by atoms with Gasteiger partial charge in [0, 0.05) is 18.8 Å². The molecule has 1 heterocycles. The summed E-state index contributed by atoms with van der Waals surface area (Å²) in [6.07, 6.45) is 7.71. The lowest BCUT2D eigenvalue weighted by atomic mass is 10.1. The zero-order valence-corrected chi connectivity index (χ0v) is 11.0. The first-order chi connectivity index (χ1) is 8.31. The fourth-order valence-corrected chi connectivity index (χ4v) is 2.51. The molecule has 0 radical (unpaired) electrons. The van der Waals surface area contributed by atoms with Crippen molar-refractivity contribution in [3.05, 3.63) is 18.2 Å². The predicted octanol–water partition coefficient (Wildman–Crippen LogP) is 1.95. The van der Waals surface area contributed by atoms with Crippen molar-refractivity contribution >= 4 is 0 Å². The first-order valence-corrected chi connectivity index (χ1v) is 6.77. The van der Waals surface area contributed by atoms with Crippen molar-refractivity contribution in [3.8, 4) is 0 Å². The lowest BCUT2D eigenvalue weighted by Gasteiger charge is -2.30. The fourth-order valence-electron chi connectivity index (χ4n) is 2.51. The molecule has 2 rings (SSSR count). The van der Waals surface area contributed by atoms with Gasteiger partial charge in [0.2, 0.25) is 0 Å². The van der Waals surface area contributed by atoms with Crippen LogP contribution in [0.1, 0.15) is 50.9 Å². The van der Waals surface area contributed by atoms with Crippen LogP contribution in [0.3, 0.4) is 0 Å². The normalized spacial score (nSPS) is 17.6. The van der Waals surface area contributed by atoms with Crippen molar-refractivity contribution in [2.75, 3.05) is 19.6 Å². The zero-order valence-electron chi connectivity index (χ0n) is 11.0. The quantitative estimate of drug-likeness (QED) is 0.787. The van der Waals surface area contributed by atoms with Gasteiger partial charge in [0.25, 0.3) is 0 Å². The zero-order chi connectivity index (χ0) is 12.3. The largest absolute Gasteiger partial charge is 0.330 e. The van der Waals surface area contributed by atoms with Gasteiger partial charge in [-0.05, 0) is 32.4 Å². The van der Waals surface area contributed by atoms with Crippen LogP contribution in [-0.2, 0) is 0 Å². The van der Waals surface area contributed by atoms with Crippen LogP contribution in [0, 0.1) is 0 Å². The lowest BCUT2D eigenvalue weighted by molar-refractivity contribution is 0.204. The van der Waals surface area contributed by atoms with E-state index in [2.05, 4.69) is 28.3 Å². The second kappa shape index (κ2) is 5.65. The van der Waals surface area contributed by atoms with Crippen molar-refractivity contribution in [3.63, 3.8) is 0 Å². The summed E-state index contributed by atoms with van der Waals surface area (Å²) in [5.74, 6) is 0. The topological polar surface area (TPSA) is 47.1 Å². The van der Waals surface area contributed by atoms with E-state index < -0.39 is 0 Å². The van der Waals surface area contributed by atoms with Crippen molar-refractivity contribution < 1.29 is 0 Å². The van der Waals surface area contributed by atoms with Gasteiger partial charge in [-0.15, -0.1) is 0 Å². The summed E-state index contributed by atoms with van der Waals surface area (Å²) in [6, 6.07) is 1.00. The second-order valence-electron chi connectivity index (χ2n) is 4.84. The summed E-state index contributed by atoms with van der Waals surface area (Å²) in [4.78, 5) is 6.76. The summed E-state index contributed by atoms with van der Waals surface area (Å²) >= 11 is 0. The number of hydrogen-bond acceptors (Lipinski definition) is 3. The standard InChI is InChI=1S/C13H24N4/c1-3-7-16(4-2)12(8-14)13-9-15-10-17(13)11-5-6-11/h9-12H,3-8,14H2,1-2H3. The van der Waals surface area contributed by atoms with Gasteiger partial charge in [0.15, 0.2) is 0 Å². The number of nitrogens with two attached hydrogens (primary N) is 1. The molecule has 1 saturated carbocycles. The molecule has 0 aromatic carbocycles. The molecule has 0 saturated heterocycles. The van der Waals surface area contributed by atoms with E-state index in [0.29, 0.717) is 18.6 Å². The Hall–Kier alpha value is -0.870. The van der Waals surface area contributed by atoms with Crippen molar-refractivity contribution in [1.82, 2.24) is 14.5 Å². The Bertz CT molecular complexity index is 343. The van der Waals surface area contributed by atoms with E-state index in [0.717, 1.165) is 13.1 Å². The maximum absolute atomic E-state index is 5.98. The smallest absolute Gasteiger partial charge is 0.0951 e. The Balaban J connectivity index is 2.17. The van der Waals surface area contributed by atoms with Crippen LogP contribution >= 0.6 is 0 Å². The van der Waals surface area contributed by atoms with Gasteiger partial charge in [-0.2, -0.15) is 0 Å². The molecule has 2 N–H and O–H groups in total. The molecule has 0 bridgehead atoms. The van der Waals surface area contributed by atoms with Gasteiger partial charge in [-0.1, -0.05) is 13.8 Å². The Morgan fingerprint density at radius 2 is 2.29 bits per heavy atom. The monoisotopic (exact) mass is 236 g/mol. The minimum Gasteiger partial charge on any atom is -0.330 e. The summed E-state index contributed by atoms with van der Waals surface area (Å²) in [6.45, 7) is 7.25. The lowest BCUT2D eigenvalue weighted by Crippen LogP contribution is -2.35. The molecule has 1 unspecified atom stereocenters. The minimum absolute atomic E-state index is 0.322. The third kappa shape index (κ3) is 2.69. The van der Waals surface area contributed by atoms with E-state index in [-0.39, 0.29) is 0 Å². The molecule has 0 spiro atoms. The molecule has 1 fully saturated rings. The van der Waals surface area contributed by atoms with E-state index in [1.165, 1.54) is 25.0 Å². The summed E-state index contributed by atoms with van der Waals surface area (Å²) in [5, 5.41) is 0. The highest BCUT2D eigenvalue weighted by atomic mass is 15.2. The highest BCUT2D eigenvalue weighted by Gasteiger charge is 2.29. The molecule has 17 heavy (non-hydrogen) atoms. The predicted molar refractivity (Wildman–Crippen MR) is 69.8 cm³/mol. The van der Waals surface area contributed by atoms with Gasteiger partial charge >= 0.3 is 0 Å². The number of hydrogen-bond donors (Lipinski definition) is 1. The Labute approximate surface area is 104 Å². The van der Waals surface area contributed by atoms with Crippen molar-refractivity contribution in [2.24, 2.45) is 5.73 Å². The minimum atomic E-state index is 0.322. The van der Waals surface area contributed by atoms with Crippen molar-refractivity contribution in [1.29, 1.82) is 0 Å². The Kier molecular flexibility index (Phi) is 4.18. The first kappa shape index (κ1) is 12.6. The SMILES string of the molecule is CCCN(CC)C(CN)c1cncn1C1CC1. The number of aromatic nitrogens is 2. The van der Waals surface area contributed by atoms with Gasteiger partial charge < -0.3 is 10.3 Å². The van der Waals surface area contributed by atoms with E-state index in [1.807, 2.05) is 12.5 Å². The molecule has 1 aromatic rings. The van der Waals surface area contributed by atoms with Crippen LogP contribution in [0.15, 0.2) is 12.5 Å². The van der Waals surface area contributed by atoms with E-state index in [1.54, 1.807) is 0 Å². The molecule has 4 nitrogen and oxygen atoms in total. The average molecular weight is 236 g/mol. The van der Waals surface area contributed by atoms with Gasteiger partial charge in [-0.3, -0.25) is 4.90 Å². The second-order valence-corrected chi connectivity index (χ2v) is 4.84.